The molecular weight excluding hydrogens is 456 g/mol. The van der Waals surface area contributed by atoms with Gasteiger partial charge in [0.15, 0.2) is 0 Å². The van der Waals surface area contributed by atoms with E-state index in [1.54, 1.807) is 29.3 Å². The van der Waals surface area contributed by atoms with E-state index >= 15 is 0 Å². The van der Waals surface area contributed by atoms with Crippen LogP contribution in [0.2, 0.25) is 0 Å². The third-order valence-electron chi connectivity index (χ3n) is 6.43. The molecule has 3 amide bonds. The summed E-state index contributed by atoms with van der Waals surface area (Å²) in [6.45, 7) is 8.16. The Morgan fingerprint density at radius 2 is 1.69 bits per heavy atom. The number of benzene rings is 2. The van der Waals surface area contributed by atoms with E-state index in [9.17, 15) is 14.4 Å². The van der Waals surface area contributed by atoms with Crippen molar-refractivity contribution in [3.63, 3.8) is 0 Å². The zero-order valence-corrected chi connectivity index (χ0v) is 21.1. The number of pyridine rings is 1. The van der Waals surface area contributed by atoms with Crippen molar-refractivity contribution in [2.45, 2.75) is 40.3 Å². The number of aromatic nitrogens is 1. The number of rotatable bonds is 6. The number of carbonyl (C=O) groups excluding carboxylic acids is 3. The summed E-state index contributed by atoms with van der Waals surface area (Å²) in [4.78, 5) is 43.9. The number of fused-ring (bicyclic) bond motifs is 1. The highest BCUT2D eigenvalue weighted by molar-refractivity contribution is 6.02. The summed E-state index contributed by atoms with van der Waals surface area (Å²) in [5, 5.41) is 5.60. The molecule has 0 radical (unpaired) electrons. The molecule has 1 aliphatic rings. The Kier molecular flexibility index (Phi) is 7.05. The summed E-state index contributed by atoms with van der Waals surface area (Å²) in [6.07, 6.45) is 1.57. The number of urea groups is 1. The first-order valence-corrected chi connectivity index (χ1v) is 11.8. The molecule has 0 saturated heterocycles. The van der Waals surface area contributed by atoms with Crippen LogP contribution >= 0.6 is 0 Å². The highest BCUT2D eigenvalue weighted by Crippen LogP contribution is 2.31. The second-order valence-electron chi connectivity index (χ2n) is 9.33. The normalized spacial score (nSPS) is 13.4. The molecule has 8 nitrogen and oxygen atoms in total. The molecule has 0 saturated carbocycles. The molecule has 2 N–H and O–H groups in total. The van der Waals surface area contributed by atoms with Crippen LogP contribution in [0.15, 0.2) is 54.7 Å². The Labute approximate surface area is 210 Å². The maximum Gasteiger partial charge on any atom is 0.328 e. The second kappa shape index (κ2) is 10.2. The van der Waals surface area contributed by atoms with Crippen molar-refractivity contribution in [3.8, 4) is 11.3 Å². The summed E-state index contributed by atoms with van der Waals surface area (Å²) in [6, 6.07) is 13.9. The Bertz CT molecular complexity index is 1320. The van der Waals surface area contributed by atoms with Crippen LogP contribution in [0.4, 0.5) is 16.2 Å². The molecule has 8 heteroatoms. The van der Waals surface area contributed by atoms with Gasteiger partial charge in [0.25, 0.3) is 5.91 Å². The van der Waals surface area contributed by atoms with Crippen molar-refractivity contribution in [2.24, 2.45) is 5.92 Å². The number of esters is 1. The van der Waals surface area contributed by atoms with Crippen LogP contribution in [0.25, 0.3) is 11.3 Å². The average Bonchev–Trinajstić information content (AvgIpc) is 3.17. The summed E-state index contributed by atoms with van der Waals surface area (Å²) in [7, 11) is 1.33. The fourth-order valence-electron chi connectivity index (χ4n) is 4.34. The van der Waals surface area contributed by atoms with Crippen LogP contribution in [0.3, 0.4) is 0 Å². The van der Waals surface area contributed by atoms with E-state index in [2.05, 4.69) is 15.6 Å². The number of anilines is 2. The van der Waals surface area contributed by atoms with Crippen LogP contribution in [0, 0.1) is 19.8 Å². The van der Waals surface area contributed by atoms with Gasteiger partial charge in [-0.1, -0.05) is 32.0 Å². The standard InChI is InChI=1S/C28H30N4O4/c1-16(2)25(27(34)36-5)32-15-20-8-7-19(13-23(20)26(32)33)24-11-10-22(14-29-24)31-28(35)30-21-9-6-17(3)18(4)12-21/h6-14,16,25H,15H2,1-5H3,(H2,30,31,35). The van der Waals surface area contributed by atoms with Gasteiger partial charge in [-0.05, 0) is 66.8 Å². The quantitative estimate of drug-likeness (QED) is 0.469. The predicted octanol–water partition coefficient (Wildman–Crippen LogP) is 5.16. The van der Waals surface area contributed by atoms with E-state index < -0.39 is 12.0 Å². The lowest BCUT2D eigenvalue weighted by Crippen LogP contribution is -2.45. The molecule has 2 heterocycles. The molecule has 1 unspecified atom stereocenters. The monoisotopic (exact) mass is 486 g/mol. The minimum absolute atomic E-state index is 0.0795. The Morgan fingerprint density at radius 3 is 2.33 bits per heavy atom. The molecule has 4 rings (SSSR count). The highest BCUT2D eigenvalue weighted by Gasteiger charge is 2.38. The summed E-state index contributed by atoms with van der Waals surface area (Å²) >= 11 is 0. The van der Waals surface area contributed by atoms with Crippen LogP contribution in [-0.4, -0.2) is 40.9 Å². The molecule has 1 aromatic heterocycles. The fourth-order valence-corrected chi connectivity index (χ4v) is 4.34. The molecule has 1 atom stereocenters. The van der Waals surface area contributed by atoms with Gasteiger partial charge in [-0.2, -0.15) is 0 Å². The highest BCUT2D eigenvalue weighted by atomic mass is 16.5. The molecule has 36 heavy (non-hydrogen) atoms. The van der Waals surface area contributed by atoms with E-state index in [1.807, 2.05) is 58.0 Å². The van der Waals surface area contributed by atoms with Crippen molar-refractivity contribution in [1.82, 2.24) is 9.88 Å². The molecule has 2 aromatic carbocycles. The molecule has 1 aliphatic heterocycles. The lowest BCUT2D eigenvalue weighted by Gasteiger charge is -2.28. The largest absolute Gasteiger partial charge is 0.467 e. The number of hydrogen-bond donors (Lipinski definition) is 2. The summed E-state index contributed by atoms with van der Waals surface area (Å²) < 4.78 is 4.93. The lowest BCUT2D eigenvalue weighted by molar-refractivity contribution is -0.147. The number of hydrogen-bond acceptors (Lipinski definition) is 5. The van der Waals surface area contributed by atoms with Gasteiger partial charge in [0, 0.05) is 23.4 Å². The van der Waals surface area contributed by atoms with Gasteiger partial charge in [0.1, 0.15) is 6.04 Å². The number of nitrogens with one attached hydrogen (secondary N) is 2. The first-order chi connectivity index (χ1) is 17.2. The molecule has 0 aliphatic carbocycles. The van der Waals surface area contributed by atoms with Crippen LogP contribution in [0.5, 0.6) is 0 Å². The zero-order chi connectivity index (χ0) is 26.0. The Balaban J connectivity index is 1.46. The Hall–Kier alpha value is -4.20. The lowest BCUT2D eigenvalue weighted by atomic mass is 10.0. The number of ether oxygens (including phenoxy) is 1. The number of amides is 3. The van der Waals surface area contributed by atoms with Gasteiger partial charge in [0.05, 0.1) is 24.7 Å². The number of aryl methyl sites for hydroxylation is 2. The van der Waals surface area contributed by atoms with E-state index in [0.717, 1.165) is 22.3 Å². The zero-order valence-electron chi connectivity index (χ0n) is 21.1. The van der Waals surface area contributed by atoms with Crippen LogP contribution in [-0.2, 0) is 16.1 Å². The summed E-state index contributed by atoms with van der Waals surface area (Å²) in [5.41, 5.74) is 6.36. The van der Waals surface area contributed by atoms with Gasteiger partial charge in [-0.25, -0.2) is 9.59 Å². The summed E-state index contributed by atoms with van der Waals surface area (Å²) in [5.74, 6) is -0.695. The maximum atomic E-state index is 13.2. The molecule has 0 spiro atoms. The maximum absolute atomic E-state index is 13.2. The van der Waals surface area contributed by atoms with Crippen molar-refractivity contribution in [2.75, 3.05) is 17.7 Å². The van der Waals surface area contributed by atoms with E-state index in [1.165, 1.54) is 7.11 Å². The first-order valence-electron chi connectivity index (χ1n) is 11.8. The van der Waals surface area contributed by atoms with Crippen molar-refractivity contribution in [3.05, 3.63) is 77.0 Å². The third-order valence-corrected chi connectivity index (χ3v) is 6.43. The minimum atomic E-state index is -0.642. The number of nitrogens with zero attached hydrogens (tertiary/aromatic N) is 2. The smallest absolute Gasteiger partial charge is 0.328 e. The number of methoxy groups -OCH3 is 1. The molecule has 0 bridgehead atoms. The van der Waals surface area contributed by atoms with Gasteiger partial charge in [0.2, 0.25) is 0 Å². The van der Waals surface area contributed by atoms with Gasteiger partial charge < -0.3 is 20.3 Å². The van der Waals surface area contributed by atoms with E-state index in [-0.39, 0.29) is 17.9 Å². The number of carbonyl (C=O) groups is 3. The van der Waals surface area contributed by atoms with E-state index in [0.29, 0.717) is 29.2 Å². The van der Waals surface area contributed by atoms with Crippen molar-refractivity contribution in [1.29, 1.82) is 0 Å². The Morgan fingerprint density at radius 1 is 0.972 bits per heavy atom. The molecular formula is C28H30N4O4. The first kappa shape index (κ1) is 24.9. The van der Waals surface area contributed by atoms with Gasteiger partial charge >= 0.3 is 12.0 Å². The fraction of sp³-hybridized carbons (Fsp3) is 0.286. The van der Waals surface area contributed by atoms with Crippen molar-refractivity contribution < 1.29 is 19.1 Å². The minimum Gasteiger partial charge on any atom is -0.467 e. The van der Waals surface area contributed by atoms with Crippen molar-refractivity contribution >= 4 is 29.3 Å². The topological polar surface area (TPSA) is 101 Å². The van der Waals surface area contributed by atoms with Crippen LogP contribution in [0.1, 0.15) is 40.9 Å². The van der Waals surface area contributed by atoms with E-state index in [4.69, 9.17) is 4.74 Å². The van der Waals surface area contributed by atoms with Gasteiger partial charge in [-0.15, -0.1) is 0 Å². The average molecular weight is 487 g/mol. The third kappa shape index (κ3) is 5.07. The molecule has 3 aromatic rings. The SMILES string of the molecule is COC(=O)C(C(C)C)N1Cc2ccc(-c3ccc(NC(=O)Nc4ccc(C)c(C)c4)cn3)cc2C1=O. The predicted molar refractivity (Wildman–Crippen MR) is 139 cm³/mol. The molecule has 186 valence electrons. The second-order valence-corrected chi connectivity index (χ2v) is 9.33. The van der Waals surface area contributed by atoms with Gasteiger partial charge in [-0.3, -0.25) is 9.78 Å². The van der Waals surface area contributed by atoms with Crippen LogP contribution < -0.4 is 10.6 Å². The molecule has 0 fully saturated rings.